The number of nitrogens with one attached hydrogen (secondary N) is 1. The van der Waals surface area contributed by atoms with E-state index in [1.165, 1.54) is 4.57 Å². The highest BCUT2D eigenvalue weighted by atomic mass is 35.5. The number of alkyl halides is 2. The summed E-state index contributed by atoms with van der Waals surface area (Å²) in [5, 5.41) is 13.5. The fourth-order valence-corrected chi connectivity index (χ4v) is 4.41. The lowest BCUT2D eigenvalue weighted by Crippen LogP contribution is -2.39. The van der Waals surface area contributed by atoms with Crippen LogP contribution in [0, 0.1) is 5.92 Å². The van der Waals surface area contributed by atoms with E-state index in [-0.39, 0.29) is 35.2 Å². The van der Waals surface area contributed by atoms with Gasteiger partial charge < -0.3 is 19.9 Å². The topological polar surface area (TPSA) is 87.5 Å². The van der Waals surface area contributed by atoms with Gasteiger partial charge in [-0.1, -0.05) is 11.6 Å². The number of aliphatic carboxylic acids is 1. The highest BCUT2D eigenvalue weighted by molar-refractivity contribution is 6.35. The summed E-state index contributed by atoms with van der Waals surface area (Å²) < 4.78 is 27.6. The molecular formula is C21H21ClF2N4O3. The molecule has 10 heteroatoms. The zero-order valence-corrected chi connectivity index (χ0v) is 17.7. The molecule has 2 aromatic heterocycles. The summed E-state index contributed by atoms with van der Waals surface area (Å²) in [4.78, 5) is 31.0. The summed E-state index contributed by atoms with van der Waals surface area (Å²) in [5.41, 5.74) is 0.787. The van der Waals surface area contributed by atoms with Crippen molar-refractivity contribution in [2.75, 3.05) is 30.9 Å². The first-order chi connectivity index (χ1) is 14.6. The Bertz CT molecular complexity index is 1250. The van der Waals surface area contributed by atoms with Crippen molar-refractivity contribution in [1.82, 2.24) is 9.55 Å². The normalized spacial score (nSPS) is 15.8. The van der Waals surface area contributed by atoms with E-state index in [1.807, 2.05) is 0 Å². The van der Waals surface area contributed by atoms with Gasteiger partial charge in [0.25, 0.3) is 0 Å². The molecule has 0 aliphatic heterocycles. The highest BCUT2D eigenvalue weighted by Crippen LogP contribution is 2.42. The standard InChI is InChI=1S/C21H21ClF2N4O3/c1-27(2)18-14(22)5-3-12-17(18)28(10-16(29)30)20-13(19(12)31)4-6-15(26-20)25-9-11-7-21(23,24)8-11/h3-6,11H,7-10H2,1-2H3,(H,25,26)(H,29,30). The van der Waals surface area contributed by atoms with Gasteiger partial charge in [0.1, 0.15) is 18.0 Å². The minimum absolute atomic E-state index is 0.163. The van der Waals surface area contributed by atoms with Crippen LogP contribution in [0.1, 0.15) is 12.8 Å². The number of hydrogen-bond donors (Lipinski definition) is 2. The average molecular weight is 451 g/mol. The molecular weight excluding hydrogens is 430 g/mol. The summed E-state index contributed by atoms with van der Waals surface area (Å²) in [5.74, 6) is -3.49. The Kier molecular flexibility index (Phi) is 5.25. The zero-order chi connectivity index (χ0) is 22.5. The lowest BCUT2D eigenvalue weighted by Gasteiger charge is -2.35. The van der Waals surface area contributed by atoms with Gasteiger partial charge in [0, 0.05) is 38.9 Å². The minimum atomic E-state index is -2.61. The van der Waals surface area contributed by atoms with Crippen LogP contribution in [-0.4, -0.2) is 47.2 Å². The van der Waals surface area contributed by atoms with E-state index >= 15 is 0 Å². The molecule has 1 aliphatic rings. The molecule has 164 valence electrons. The smallest absolute Gasteiger partial charge is 0.323 e. The van der Waals surface area contributed by atoms with E-state index in [2.05, 4.69) is 10.3 Å². The predicted molar refractivity (Wildman–Crippen MR) is 117 cm³/mol. The maximum atomic E-state index is 13.2. The molecule has 31 heavy (non-hydrogen) atoms. The van der Waals surface area contributed by atoms with Crippen LogP contribution in [0.4, 0.5) is 20.3 Å². The molecule has 4 rings (SSSR count). The molecule has 0 saturated heterocycles. The number of pyridine rings is 2. The quantitative estimate of drug-likeness (QED) is 0.555. The minimum Gasteiger partial charge on any atom is -0.480 e. The number of fused-ring (bicyclic) bond motifs is 2. The van der Waals surface area contributed by atoms with E-state index in [0.29, 0.717) is 34.0 Å². The van der Waals surface area contributed by atoms with Gasteiger partial charge in [-0.2, -0.15) is 0 Å². The number of aromatic nitrogens is 2. The molecule has 0 unspecified atom stereocenters. The molecule has 1 saturated carbocycles. The largest absolute Gasteiger partial charge is 0.480 e. The van der Waals surface area contributed by atoms with Crippen LogP contribution in [0.25, 0.3) is 21.9 Å². The van der Waals surface area contributed by atoms with Crippen LogP contribution in [0.2, 0.25) is 5.02 Å². The third-order valence-corrected chi connectivity index (χ3v) is 5.78. The molecule has 3 aromatic rings. The van der Waals surface area contributed by atoms with E-state index in [0.717, 1.165) is 0 Å². The van der Waals surface area contributed by atoms with Gasteiger partial charge in [-0.15, -0.1) is 0 Å². The second kappa shape index (κ2) is 7.64. The molecule has 0 bridgehead atoms. The summed E-state index contributed by atoms with van der Waals surface area (Å²) in [7, 11) is 3.50. The average Bonchev–Trinajstić information content (AvgIpc) is 2.66. The number of halogens is 3. The highest BCUT2D eigenvalue weighted by Gasteiger charge is 2.44. The van der Waals surface area contributed by atoms with E-state index < -0.39 is 18.4 Å². The van der Waals surface area contributed by atoms with E-state index in [4.69, 9.17) is 11.6 Å². The van der Waals surface area contributed by atoms with Crippen molar-refractivity contribution in [3.05, 3.63) is 39.5 Å². The van der Waals surface area contributed by atoms with Crippen molar-refractivity contribution >= 4 is 51.0 Å². The molecule has 2 heterocycles. The Morgan fingerprint density at radius 2 is 1.97 bits per heavy atom. The molecule has 1 aliphatic carbocycles. The number of carbonyl (C=O) groups is 1. The van der Waals surface area contributed by atoms with Crippen LogP contribution in [-0.2, 0) is 11.3 Å². The van der Waals surface area contributed by atoms with Crippen LogP contribution in [0.15, 0.2) is 29.1 Å². The number of nitrogens with zero attached hydrogens (tertiary/aromatic N) is 3. The van der Waals surface area contributed by atoms with Crippen LogP contribution in [0.3, 0.4) is 0 Å². The van der Waals surface area contributed by atoms with Crippen LogP contribution < -0.4 is 15.6 Å². The SMILES string of the molecule is CN(C)c1c(Cl)ccc2c(=O)c3ccc(NCC4CC(F)(F)C4)nc3n(CC(=O)O)c12. The number of carboxylic acids is 1. The summed E-state index contributed by atoms with van der Waals surface area (Å²) in [6.45, 7) is -0.112. The Balaban J connectivity index is 1.88. The second-order valence-electron chi connectivity index (χ2n) is 8.07. The third-order valence-electron chi connectivity index (χ3n) is 5.48. The second-order valence-corrected chi connectivity index (χ2v) is 8.48. The van der Waals surface area contributed by atoms with Gasteiger partial charge >= 0.3 is 5.97 Å². The van der Waals surface area contributed by atoms with Gasteiger partial charge in [-0.05, 0) is 30.2 Å². The fourth-order valence-electron chi connectivity index (χ4n) is 4.09. The van der Waals surface area contributed by atoms with Crippen molar-refractivity contribution in [3.63, 3.8) is 0 Å². The van der Waals surface area contributed by atoms with Crippen molar-refractivity contribution < 1.29 is 18.7 Å². The maximum Gasteiger partial charge on any atom is 0.323 e. The van der Waals surface area contributed by atoms with Crippen molar-refractivity contribution in [1.29, 1.82) is 0 Å². The fraction of sp³-hybridized carbons (Fsp3) is 0.381. The molecule has 0 spiro atoms. The van der Waals surface area contributed by atoms with Gasteiger partial charge in [-0.25, -0.2) is 13.8 Å². The lowest BCUT2D eigenvalue weighted by atomic mass is 9.81. The number of rotatable bonds is 6. The first-order valence-corrected chi connectivity index (χ1v) is 10.1. The Morgan fingerprint density at radius 1 is 1.29 bits per heavy atom. The number of benzene rings is 1. The van der Waals surface area contributed by atoms with Gasteiger partial charge in [-0.3, -0.25) is 9.59 Å². The zero-order valence-electron chi connectivity index (χ0n) is 17.0. The monoisotopic (exact) mass is 450 g/mol. The Labute approximate surface area is 181 Å². The molecule has 0 radical (unpaired) electrons. The molecule has 0 amide bonds. The molecule has 1 fully saturated rings. The van der Waals surface area contributed by atoms with Gasteiger partial charge in [0.2, 0.25) is 5.92 Å². The predicted octanol–water partition coefficient (Wildman–Crippen LogP) is 3.81. The number of carboxylic acid groups (broad SMARTS) is 1. The van der Waals surface area contributed by atoms with Crippen molar-refractivity contribution in [3.8, 4) is 0 Å². The summed E-state index contributed by atoms with van der Waals surface area (Å²) in [6.07, 6.45) is -0.348. The molecule has 7 nitrogen and oxygen atoms in total. The summed E-state index contributed by atoms with van der Waals surface area (Å²) in [6, 6.07) is 6.35. The third kappa shape index (κ3) is 3.89. The summed E-state index contributed by atoms with van der Waals surface area (Å²) >= 11 is 6.37. The maximum absolute atomic E-state index is 13.2. The molecule has 0 atom stereocenters. The first-order valence-electron chi connectivity index (χ1n) is 9.74. The van der Waals surface area contributed by atoms with E-state index in [1.54, 1.807) is 43.3 Å². The van der Waals surface area contributed by atoms with Gasteiger partial charge in [0.15, 0.2) is 5.43 Å². The molecule has 1 aromatic carbocycles. The van der Waals surface area contributed by atoms with E-state index in [9.17, 15) is 23.5 Å². The van der Waals surface area contributed by atoms with Crippen molar-refractivity contribution in [2.45, 2.75) is 25.3 Å². The van der Waals surface area contributed by atoms with Crippen LogP contribution in [0.5, 0.6) is 0 Å². The Hall–Kier alpha value is -2.94. The van der Waals surface area contributed by atoms with Crippen molar-refractivity contribution in [2.24, 2.45) is 5.92 Å². The lowest BCUT2D eigenvalue weighted by molar-refractivity contribution is -0.137. The van der Waals surface area contributed by atoms with Crippen LogP contribution >= 0.6 is 11.6 Å². The van der Waals surface area contributed by atoms with Gasteiger partial charge in [0.05, 0.1) is 21.6 Å². The Morgan fingerprint density at radius 3 is 2.58 bits per heavy atom. The molecule has 2 N–H and O–H groups in total. The number of anilines is 2. The first kappa shape index (κ1) is 21.3. The number of hydrogen-bond acceptors (Lipinski definition) is 5.